The van der Waals surface area contributed by atoms with Crippen LogP contribution in [0.15, 0.2) is 11.6 Å². The van der Waals surface area contributed by atoms with Crippen LogP contribution in [0.4, 0.5) is 9.59 Å². The second-order valence-corrected chi connectivity index (χ2v) is 7.53. The van der Waals surface area contributed by atoms with Crippen molar-refractivity contribution in [3.05, 3.63) is 11.6 Å². The zero-order chi connectivity index (χ0) is 17.1. The molecule has 0 aromatic rings. The highest BCUT2D eigenvalue weighted by molar-refractivity contribution is 5.71. The molecule has 1 rings (SSSR count). The van der Waals surface area contributed by atoms with Gasteiger partial charge < -0.3 is 19.7 Å². The summed E-state index contributed by atoms with van der Waals surface area (Å²) < 4.78 is 10.6. The highest BCUT2D eigenvalue weighted by atomic mass is 16.6. The number of rotatable bonds is 1. The van der Waals surface area contributed by atoms with Gasteiger partial charge in [-0.05, 0) is 48.5 Å². The van der Waals surface area contributed by atoms with Gasteiger partial charge in [0.2, 0.25) is 0 Å². The van der Waals surface area contributed by atoms with Gasteiger partial charge in [-0.2, -0.15) is 0 Å². The van der Waals surface area contributed by atoms with Gasteiger partial charge in [0.05, 0.1) is 6.04 Å². The second-order valence-electron chi connectivity index (χ2n) is 7.53. The number of alkyl carbamates (subject to hydrolysis) is 1. The molecular weight excluding hydrogens is 284 g/mol. The molecule has 0 aromatic carbocycles. The highest BCUT2D eigenvalue weighted by Crippen LogP contribution is 2.16. The first-order chi connectivity index (χ1) is 9.87. The summed E-state index contributed by atoms with van der Waals surface area (Å²) in [4.78, 5) is 25.6. The quantitative estimate of drug-likeness (QED) is 0.756. The minimum Gasteiger partial charge on any atom is -0.444 e. The minimum atomic E-state index is -0.554. The molecule has 1 unspecified atom stereocenters. The number of amides is 2. The number of carbonyl (C=O) groups is 2. The number of carbonyl (C=O) groups excluding carboxylic acids is 2. The van der Waals surface area contributed by atoms with E-state index < -0.39 is 17.3 Å². The lowest BCUT2D eigenvalue weighted by Crippen LogP contribution is -2.51. The Morgan fingerprint density at radius 2 is 1.68 bits per heavy atom. The smallest absolute Gasteiger partial charge is 0.410 e. The number of ether oxygens (including phenoxy) is 2. The van der Waals surface area contributed by atoms with E-state index in [2.05, 4.69) is 5.32 Å². The van der Waals surface area contributed by atoms with Crippen LogP contribution in [0.3, 0.4) is 0 Å². The van der Waals surface area contributed by atoms with Crippen molar-refractivity contribution in [2.45, 2.75) is 65.7 Å². The van der Waals surface area contributed by atoms with Crippen molar-refractivity contribution in [2.75, 3.05) is 13.1 Å². The van der Waals surface area contributed by atoms with E-state index in [0.717, 1.165) is 5.57 Å². The fourth-order valence-corrected chi connectivity index (χ4v) is 1.92. The molecule has 126 valence electrons. The molecule has 0 fully saturated rings. The van der Waals surface area contributed by atoms with E-state index in [1.54, 1.807) is 4.90 Å². The van der Waals surface area contributed by atoms with Crippen molar-refractivity contribution in [2.24, 2.45) is 0 Å². The lowest BCUT2D eigenvalue weighted by Gasteiger charge is -2.34. The first kappa shape index (κ1) is 18.3. The van der Waals surface area contributed by atoms with Crippen LogP contribution in [-0.4, -0.2) is 47.4 Å². The molecule has 0 bridgehead atoms. The standard InChI is InChI=1S/C16H28N2O4/c1-11-8-9-18(14(20)22-16(5,6)7)10-12(11)17-13(19)21-15(2,3)4/h8,12H,9-10H2,1-7H3,(H,17,19). The van der Waals surface area contributed by atoms with Crippen molar-refractivity contribution in [1.82, 2.24) is 10.2 Å². The molecule has 1 atom stereocenters. The van der Waals surface area contributed by atoms with E-state index >= 15 is 0 Å². The van der Waals surface area contributed by atoms with Gasteiger partial charge in [0.1, 0.15) is 11.2 Å². The molecule has 0 aliphatic carbocycles. The molecule has 6 heteroatoms. The predicted octanol–water partition coefficient (Wildman–Crippen LogP) is 3.08. The van der Waals surface area contributed by atoms with Crippen LogP contribution in [0.5, 0.6) is 0 Å². The zero-order valence-corrected chi connectivity index (χ0v) is 14.6. The number of hydrogen-bond donors (Lipinski definition) is 1. The van der Waals surface area contributed by atoms with Gasteiger partial charge in [-0.1, -0.05) is 11.6 Å². The normalized spacial score (nSPS) is 19.3. The fourth-order valence-electron chi connectivity index (χ4n) is 1.92. The van der Waals surface area contributed by atoms with E-state index in [9.17, 15) is 9.59 Å². The maximum Gasteiger partial charge on any atom is 0.410 e. The van der Waals surface area contributed by atoms with Crippen LogP contribution < -0.4 is 5.32 Å². The van der Waals surface area contributed by atoms with Gasteiger partial charge >= 0.3 is 12.2 Å². The summed E-state index contributed by atoms with van der Waals surface area (Å²) in [6.07, 6.45) is 1.04. The first-order valence-electron chi connectivity index (χ1n) is 7.51. The summed E-state index contributed by atoms with van der Waals surface area (Å²) in [7, 11) is 0. The van der Waals surface area contributed by atoms with Crippen LogP contribution in [-0.2, 0) is 9.47 Å². The summed E-state index contributed by atoms with van der Waals surface area (Å²) in [5.41, 5.74) is -0.0894. The molecule has 0 spiro atoms. The summed E-state index contributed by atoms with van der Waals surface area (Å²) in [6.45, 7) is 13.7. The molecule has 0 saturated heterocycles. The van der Waals surface area contributed by atoms with Crippen molar-refractivity contribution >= 4 is 12.2 Å². The van der Waals surface area contributed by atoms with Crippen molar-refractivity contribution in [3.8, 4) is 0 Å². The highest BCUT2D eigenvalue weighted by Gasteiger charge is 2.29. The second kappa shape index (κ2) is 6.58. The number of hydrogen-bond acceptors (Lipinski definition) is 4. The Bertz CT molecular complexity index is 458. The Hall–Kier alpha value is -1.72. The van der Waals surface area contributed by atoms with Gasteiger partial charge in [0.25, 0.3) is 0 Å². The Kier molecular flexibility index (Phi) is 5.49. The van der Waals surface area contributed by atoms with E-state index in [-0.39, 0.29) is 12.1 Å². The third-order valence-corrected chi connectivity index (χ3v) is 2.93. The summed E-state index contributed by atoms with van der Waals surface area (Å²) in [5, 5.41) is 2.79. The predicted molar refractivity (Wildman–Crippen MR) is 84.7 cm³/mol. The largest absolute Gasteiger partial charge is 0.444 e. The number of nitrogens with zero attached hydrogens (tertiary/aromatic N) is 1. The van der Waals surface area contributed by atoms with Crippen LogP contribution >= 0.6 is 0 Å². The zero-order valence-electron chi connectivity index (χ0n) is 14.6. The van der Waals surface area contributed by atoms with Gasteiger partial charge in [0, 0.05) is 13.1 Å². The van der Waals surface area contributed by atoms with E-state index in [4.69, 9.17) is 9.47 Å². The third kappa shape index (κ3) is 6.37. The Labute approximate surface area is 132 Å². The molecule has 1 aliphatic heterocycles. The molecule has 0 aromatic heterocycles. The van der Waals surface area contributed by atoms with E-state index in [1.807, 2.05) is 54.5 Å². The van der Waals surface area contributed by atoms with Crippen molar-refractivity contribution < 1.29 is 19.1 Å². The summed E-state index contributed by atoms with van der Waals surface area (Å²) in [6, 6.07) is -0.267. The van der Waals surface area contributed by atoms with Crippen LogP contribution in [0.1, 0.15) is 48.5 Å². The van der Waals surface area contributed by atoms with Crippen molar-refractivity contribution in [3.63, 3.8) is 0 Å². The van der Waals surface area contributed by atoms with Crippen LogP contribution in [0.2, 0.25) is 0 Å². The third-order valence-electron chi connectivity index (χ3n) is 2.93. The summed E-state index contributed by atoms with van der Waals surface area (Å²) in [5.74, 6) is 0. The topological polar surface area (TPSA) is 67.9 Å². The average molecular weight is 312 g/mol. The van der Waals surface area contributed by atoms with Crippen LogP contribution in [0.25, 0.3) is 0 Å². The van der Waals surface area contributed by atoms with Crippen LogP contribution in [0, 0.1) is 0 Å². The SMILES string of the molecule is CC1=CCN(C(=O)OC(C)(C)C)CC1NC(=O)OC(C)(C)C. The van der Waals surface area contributed by atoms with Gasteiger partial charge in [-0.25, -0.2) is 9.59 Å². The molecule has 1 aliphatic rings. The monoisotopic (exact) mass is 312 g/mol. The maximum atomic E-state index is 12.1. The van der Waals surface area contributed by atoms with E-state index in [0.29, 0.717) is 13.1 Å². The van der Waals surface area contributed by atoms with E-state index in [1.165, 1.54) is 0 Å². The Balaban J connectivity index is 2.66. The molecule has 6 nitrogen and oxygen atoms in total. The van der Waals surface area contributed by atoms with Gasteiger partial charge in [0.15, 0.2) is 0 Å². The maximum absolute atomic E-state index is 12.1. The molecular formula is C16H28N2O4. The molecule has 0 radical (unpaired) electrons. The molecule has 1 N–H and O–H groups in total. The average Bonchev–Trinajstić information content (AvgIpc) is 2.27. The lowest BCUT2D eigenvalue weighted by atomic mass is 10.0. The minimum absolute atomic E-state index is 0.267. The molecule has 1 heterocycles. The molecule has 2 amide bonds. The number of nitrogens with one attached hydrogen (secondary N) is 1. The van der Waals surface area contributed by atoms with Crippen molar-refractivity contribution in [1.29, 1.82) is 0 Å². The molecule has 22 heavy (non-hydrogen) atoms. The Morgan fingerprint density at radius 1 is 1.14 bits per heavy atom. The fraction of sp³-hybridized carbons (Fsp3) is 0.750. The molecule has 0 saturated carbocycles. The van der Waals surface area contributed by atoms with Gasteiger partial charge in [-0.3, -0.25) is 0 Å². The van der Waals surface area contributed by atoms with Gasteiger partial charge in [-0.15, -0.1) is 0 Å². The Morgan fingerprint density at radius 3 is 2.18 bits per heavy atom. The summed E-state index contributed by atoms with van der Waals surface area (Å²) >= 11 is 0. The lowest BCUT2D eigenvalue weighted by molar-refractivity contribution is 0.0231. The first-order valence-corrected chi connectivity index (χ1v) is 7.51.